The van der Waals surface area contributed by atoms with Crippen LogP contribution in [0.2, 0.25) is 0 Å². The Bertz CT molecular complexity index is 371. The summed E-state index contributed by atoms with van der Waals surface area (Å²) in [5, 5.41) is 5.19. The molecule has 0 aromatic rings. The summed E-state index contributed by atoms with van der Waals surface area (Å²) in [4.78, 5) is 27.5. The van der Waals surface area contributed by atoms with Crippen molar-refractivity contribution in [3.05, 3.63) is 0 Å². The zero-order chi connectivity index (χ0) is 14.5. The molecule has 19 heavy (non-hydrogen) atoms. The number of hydrogen-bond donors (Lipinski definition) is 3. The first-order valence-corrected chi connectivity index (χ1v) is 6.70. The van der Waals surface area contributed by atoms with Crippen LogP contribution in [0.4, 0.5) is 0 Å². The van der Waals surface area contributed by atoms with Gasteiger partial charge in [-0.3, -0.25) is 19.9 Å². The third-order valence-corrected chi connectivity index (χ3v) is 3.45. The summed E-state index contributed by atoms with van der Waals surface area (Å²) < 4.78 is 0. The molecule has 0 aromatic heterocycles. The summed E-state index contributed by atoms with van der Waals surface area (Å²) in [5.41, 5.74) is 4.44. The summed E-state index contributed by atoms with van der Waals surface area (Å²) in [5.74, 6) is 0.0543. The van der Waals surface area contributed by atoms with E-state index in [9.17, 15) is 9.59 Å². The van der Waals surface area contributed by atoms with Crippen LogP contribution in [0.1, 0.15) is 46.0 Å². The molecule has 0 bridgehead atoms. The van der Waals surface area contributed by atoms with Gasteiger partial charge >= 0.3 is 0 Å². The topological polar surface area (TPSA) is 96.6 Å². The average molecular weight is 268 g/mol. The first-order chi connectivity index (χ1) is 8.85. The van der Waals surface area contributed by atoms with Crippen molar-refractivity contribution in [1.29, 1.82) is 0 Å². The van der Waals surface area contributed by atoms with E-state index in [-0.39, 0.29) is 17.8 Å². The summed E-state index contributed by atoms with van der Waals surface area (Å²) >= 11 is 0. The van der Waals surface area contributed by atoms with E-state index < -0.39 is 5.54 Å². The predicted molar refractivity (Wildman–Crippen MR) is 74.5 cm³/mol. The number of hydrogen-bond acceptors (Lipinski definition) is 3. The maximum Gasteiger partial charge on any atom is 0.251 e. The van der Waals surface area contributed by atoms with Crippen LogP contribution in [0.5, 0.6) is 0 Å². The fourth-order valence-corrected chi connectivity index (χ4v) is 2.26. The van der Waals surface area contributed by atoms with Gasteiger partial charge in [0.05, 0.1) is 0 Å². The maximum absolute atomic E-state index is 11.9. The lowest BCUT2D eigenvalue weighted by molar-refractivity contribution is -0.131. The van der Waals surface area contributed by atoms with Crippen molar-refractivity contribution in [3.8, 4) is 0 Å². The Kier molecular flexibility index (Phi) is 5.32. The van der Waals surface area contributed by atoms with E-state index in [0.717, 1.165) is 12.8 Å². The largest absolute Gasteiger partial charge is 0.370 e. The molecule has 6 nitrogen and oxygen atoms in total. The van der Waals surface area contributed by atoms with E-state index in [1.54, 1.807) is 13.8 Å². The van der Waals surface area contributed by atoms with Gasteiger partial charge in [-0.2, -0.15) is 0 Å². The highest BCUT2D eigenvalue weighted by Crippen LogP contribution is 2.27. The highest BCUT2D eigenvalue weighted by molar-refractivity contribution is 6.01. The Labute approximate surface area is 114 Å². The second-order valence-electron chi connectivity index (χ2n) is 5.59. The first kappa shape index (κ1) is 15.5. The third-order valence-electron chi connectivity index (χ3n) is 3.45. The molecule has 1 aliphatic rings. The lowest BCUT2D eigenvalue weighted by atomic mass is 10.0. The van der Waals surface area contributed by atoms with Crippen LogP contribution in [0, 0.1) is 5.92 Å². The molecule has 0 spiro atoms. The lowest BCUT2D eigenvalue weighted by Crippen LogP contribution is -2.57. The van der Waals surface area contributed by atoms with Gasteiger partial charge in [0, 0.05) is 13.5 Å². The number of aliphatic imine (C=N–C) groups is 1. The average Bonchev–Trinajstić information content (AvgIpc) is 2.80. The molecule has 0 unspecified atom stereocenters. The van der Waals surface area contributed by atoms with E-state index in [4.69, 9.17) is 5.73 Å². The SMILES string of the molecule is CN=C(N)NC(=O)C(C)(C)NC(=O)CC1CCCC1. The van der Waals surface area contributed by atoms with Crippen molar-refractivity contribution < 1.29 is 9.59 Å². The predicted octanol–water partition coefficient (Wildman–Crippen LogP) is 0.522. The van der Waals surface area contributed by atoms with Crippen LogP contribution in [-0.2, 0) is 9.59 Å². The molecule has 1 fully saturated rings. The van der Waals surface area contributed by atoms with Gasteiger partial charge in [0.25, 0.3) is 5.91 Å². The van der Waals surface area contributed by atoms with Gasteiger partial charge in [0.1, 0.15) is 5.54 Å². The van der Waals surface area contributed by atoms with Crippen LogP contribution in [0.15, 0.2) is 4.99 Å². The van der Waals surface area contributed by atoms with Crippen LogP contribution >= 0.6 is 0 Å². The second kappa shape index (κ2) is 6.54. The zero-order valence-electron chi connectivity index (χ0n) is 12.0. The molecule has 0 aliphatic heterocycles. The Morgan fingerprint density at radius 1 is 1.32 bits per heavy atom. The van der Waals surface area contributed by atoms with Crippen molar-refractivity contribution >= 4 is 17.8 Å². The molecule has 0 saturated heterocycles. The van der Waals surface area contributed by atoms with Crippen molar-refractivity contribution in [2.24, 2.45) is 16.6 Å². The highest BCUT2D eigenvalue weighted by Gasteiger charge is 2.30. The van der Waals surface area contributed by atoms with Gasteiger partial charge in [-0.05, 0) is 32.6 Å². The molecule has 108 valence electrons. The minimum absolute atomic E-state index is 0.0446. The van der Waals surface area contributed by atoms with E-state index in [2.05, 4.69) is 15.6 Å². The molecule has 1 saturated carbocycles. The number of amides is 2. The van der Waals surface area contributed by atoms with Crippen LogP contribution in [-0.4, -0.2) is 30.4 Å². The first-order valence-electron chi connectivity index (χ1n) is 6.70. The van der Waals surface area contributed by atoms with E-state index in [0.29, 0.717) is 12.3 Å². The summed E-state index contributed by atoms with van der Waals surface area (Å²) in [7, 11) is 1.49. The minimum atomic E-state index is -0.995. The van der Waals surface area contributed by atoms with Crippen molar-refractivity contribution in [2.75, 3.05) is 7.05 Å². The number of carbonyl (C=O) groups excluding carboxylic acids is 2. The number of carbonyl (C=O) groups is 2. The zero-order valence-corrected chi connectivity index (χ0v) is 12.0. The highest BCUT2D eigenvalue weighted by atomic mass is 16.2. The Morgan fingerprint density at radius 3 is 2.42 bits per heavy atom. The van der Waals surface area contributed by atoms with Gasteiger partial charge in [-0.25, -0.2) is 0 Å². The molecular formula is C13H24N4O2. The molecular weight excluding hydrogens is 244 g/mol. The molecule has 0 heterocycles. The maximum atomic E-state index is 11.9. The minimum Gasteiger partial charge on any atom is -0.370 e. The normalized spacial score (nSPS) is 17.3. The van der Waals surface area contributed by atoms with Crippen molar-refractivity contribution in [3.63, 3.8) is 0 Å². The molecule has 0 aromatic carbocycles. The second-order valence-corrected chi connectivity index (χ2v) is 5.59. The van der Waals surface area contributed by atoms with Crippen LogP contribution < -0.4 is 16.4 Å². The van der Waals surface area contributed by atoms with Crippen molar-refractivity contribution in [1.82, 2.24) is 10.6 Å². The van der Waals surface area contributed by atoms with E-state index in [1.807, 2.05) is 0 Å². The lowest BCUT2D eigenvalue weighted by Gasteiger charge is -2.25. The Morgan fingerprint density at radius 2 is 1.89 bits per heavy atom. The van der Waals surface area contributed by atoms with Crippen LogP contribution in [0.3, 0.4) is 0 Å². The number of guanidine groups is 1. The molecule has 0 atom stereocenters. The molecule has 0 radical (unpaired) electrons. The molecule has 6 heteroatoms. The van der Waals surface area contributed by atoms with E-state index in [1.165, 1.54) is 19.9 Å². The quantitative estimate of drug-likeness (QED) is 0.512. The fraction of sp³-hybridized carbons (Fsp3) is 0.769. The monoisotopic (exact) mass is 268 g/mol. The smallest absolute Gasteiger partial charge is 0.251 e. The van der Waals surface area contributed by atoms with Gasteiger partial charge in [-0.1, -0.05) is 12.8 Å². The van der Waals surface area contributed by atoms with Crippen molar-refractivity contribution in [2.45, 2.75) is 51.5 Å². The van der Waals surface area contributed by atoms with E-state index >= 15 is 0 Å². The van der Waals surface area contributed by atoms with Gasteiger partial charge in [0.2, 0.25) is 5.91 Å². The number of nitrogens with zero attached hydrogens (tertiary/aromatic N) is 1. The Balaban J connectivity index is 2.47. The van der Waals surface area contributed by atoms with Crippen LogP contribution in [0.25, 0.3) is 0 Å². The fourth-order valence-electron chi connectivity index (χ4n) is 2.26. The summed E-state index contributed by atoms with van der Waals surface area (Å²) in [6, 6.07) is 0. The number of nitrogens with one attached hydrogen (secondary N) is 2. The summed E-state index contributed by atoms with van der Waals surface area (Å²) in [6.45, 7) is 3.30. The number of nitrogens with two attached hydrogens (primary N) is 1. The molecule has 4 N–H and O–H groups in total. The number of rotatable bonds is 4. The van der Waals surface area contributed by atoms with Gasteiger partial charge < -0.3 is 11.1 Å². The Hall–Kier alpha value is -1.59. The summed E-state index contributed by atoms with van der Waals surface area (Å²) in [6.07, 6.45) is 5.11. The third kappa shape index (κ3) is 4.89. The standard InChI is InChI=1S/C13H24N4O2/c1-13(2,11(19)16-12(14)15-3)17-10(18)8-9-6-4-5-7-9/h9H,4-8H2,1-3H3,(H,17,18)(H3,14,15,16,19). The molecule has 1 aliphatic carbocycles. The molecule has 2 amide bonds. The van der Waals surface area contributed by atoms with Gasteiger partial charge in [0.15, 0.2) is 5.96 Å². The molecule has 1 rings (SSSR count). The van der Waals surface area contributed by atoms with Gasteiger partial charge in [-0.15, -0.1) is 0 Å².